The summed E-state index contributed by atoms with van der Waals surface area (Å²) in [5, 5.41) is 2.80. The van der Waals surface area contributed by atoms with Gasteiger partial charge in [0.25, 0.3) is 0 Å². The third-order valence-electron chi connectivity index (χ3n) is 3.93. The highest BCUT2D eigenvalue weighted by molar-refractivity contribution is 8.00. The third-order valence-corrected chi connectivity index (χ3v) is 7.17. The average Bonchev–Trinajstić information content (AvgIpc) is 2.62. The van der Waals surface area contributed by atoms with Crippen molar-refractivity contribution in [3.8, 4) is 0 Å². The summed E-state index contributed by atoms with van der Waals surface area (Å²) in [6.45, 7) is 6.47. The lowest BCUT2D eigenvalue weighted by atomic mass is 10.2. The number of benzene rings is 2. The molecule has 0 fully saturated rings. The largest absolute Gasteiger partial charge is 0.325 e. The van der Waals surface area contributed by atoms with Crippen LogP contribution in [0.3, 0.4) is 0 Å². The maximum absolute atomic E-state index is 12.5. The SMILES string of the molecule is CCN(CC)S(=O)(=O)c1ccc(NC(=O)CSc2ccccc2C)cc1. The van der Waals surface area contributed by atoms with Gasteiger partial charge in [-0.1, -0.05) is 32.0 Å². The van der Waals surface area contributed by atoms with E-state index in [1.807, 2.05) is 45.0 Å². The van der Waals surface area contributed by atoms with Gasteiger partial charge in [-0.2, -0.15) is 4.31 Å². The van der Waals surface area contributed by atoms with E-state index in [2.05, 4.69) is 5.32 Å². The zero-order chi connectivity index (χ0) is 19.2. The smallest absolute Gasteiger partial charge is 0.243 e. The highest BCUT2D eigenvalue weighted by Crippen LogP contribution is 2.22. The van der Waals surface area contributed by atoms with Gasteiger partial charge in [-0.3, -0.25) is 4.79 Å². The Balaban J connectivity index is 1.98. The first-order chi connectivity index (χ1) is 12.4. The monoisotopic (exact) mass is 392 g/mol. The molecule has 26 heavy (non-hydrogen) atoms. The van der Waals surface area contributed by atoms with Gasteiger partial charge < -0.3 is 5.32 Å². The number of carbonyl (C=O) groups excluding carboxylic acids is 1. The molecule has 0 unspecified atom stereocenters. The molecule has 1 N–H and O–H groups in total. The van der Waals surface area contributed by atoms with E-state index in [-0.39, 0.29) is 10.8 Å². The molecule has 0 aromatic heterocycles. The summed E-state index contributed by atoms with van der Waals surface area (Å²) in [4.78, 5) is 13.4. The number of aryl methyl sites for hydroxylation is 1. The van der Waals surface area contributed by atoms with Gasteiger partial charge in [0.15, 0.2) is 0 Å². The molecule has 5 nitrogen and oxygen atoms in total. The van der Waals surface area contributed by atoms with E-state index in [0.717, 1.165) is 10.5 Å². The number of thioether (sulfide) groups is 1. The maximum Gasteiger partial charge on any atom is 0.243 e. The van der Waals surface area contributed by atoms with Gasteiger partial charge in [-0.05, 0) is 42.8 Å². The van der Waals surface area contributed by atoms with E-state index >= 15 is 0 Å². The first-order valence-electron chi connectivity index (χ1n) is 8.47. The van der Waals surface area contributed by atoms with Gasteiger partial charge in [0, 0.05) is 23.7 Å². The van der Waals surface area contributed by atoms with Crippen molar-refractivity contribution in [3.05, 3.63) is 54.1 Å². The second-order valence-electron chi connectivity index (χ2n) is 5.72. The molecule has 140 valence electrons. The first-order valence-corrected chi connectivity index (χ1v) is 10.9. The van der Waals surface area contributed by atoms with E-state index in [1.54, 1.807) is 12.1 Å². The highest BCUT2D eigenvalue weighted by atomic mass is 32.2. The predicted octanol–water partition coefficient (Wildman–Crippen LogP) is 3.76. The first kappa shape index (κ1) is 20.5. The van der Waals surface area contributed by atoms with Crippen LogP contribution < -0.4 is 5.32 Å². The van der Waals surface area contributed by atoms with Gasteiger partial charge in [-0.15, -0.1) is 11.8 Å². The van der Waals surface area contributed by atoms with Crippen LogP contribution in [0.4, 0.5) is 5.69 Å². The summed E-state index contributed by atoms with van der Waals surface area (Å²) in [5.74, 6) is 0.169. The fourth-order valence-corrected chi connectivity index (χ4v) is 4.77. The number of nitrogens with zero attached hydrogens (tertiary/aromatic N) is 1. The molecule has 0 radical (unpaired) electrons. The van der Waals surface area contributed by atoms with Crippen LogP contribution in [-0.2, 0) is 14.8 Å². The molecule has 1 amide bonds. The summed E-state index contributed by atoms with van der Waals surface area (Å²) in [6.07, 6.45) is 0. The van der Waals surface area contributed by atoms with Crippen molar-refractivity contribution in [1.29, 1.82) is 0 Å². The summed E-state index contributed by atoms with van der Waals surface area (Å²) >= 11 is 1.48. The number of hydrogen-bond acceptors (Lipinski definition) is 4. The minimum atomic E-state index is -3.48. The lowest BCUT2D eigenvalue weighted by Crippen LogP contribution is -2.30. The molecule has 0 saturated carbocycles. The number of amides is 1. The molecule has 2 aromatic rings. The minimum absolute atomic E-state index is 0.127. The molecule has 0 spiro atoms. The number of anilines is 1. The highest BCUT2D eigenvalue weighted by Gasteiger charge is 2.21. The lowest BCUT2D eigenvalue weighted by molar-refractivity contribution is -0.113. The van der Waals surface area contributed by atoms with E-state index in [0.29, 0.717) is 24.5 Å². The topological polar surface area (TPSA) is 66.5 Å². The van der Waals surface area contributed by atoms with E-state index in [4.69, 9.17) is 0 Å². The Labute approximate surface area is 159 Å². The summed E-state index contributed by atoms with van der Waals surface area (Å²) in [7, 11) is -3.48. The van der Waals surface area contributed by atoms with Crippen molar-refractivity contribution >= 4 is 33.4 Å². The van der Waals surface area contributed by atoms with Crippen LogP contribution in [0.15, 0.2) is 58.3 Å². The Kier molecular flexibility index (Phi) is 7.25. The van der Waals surface area contributed by atoms with Crippen LogP contribution >= 0.6 is 11.8 Å². The minimum Gasteiger partial charge on any atom is -0.325 e. The van der Waals surface area contributed by atoms with Gasteiger partial charge in [0.05, 0.1) is 10.6 Å². The van der Waals surface area contributed by atoms with Crippen molar-refractivity contribution in [3.63, 3.8) is 0 Å². The number of hydrogen-bond donors (Lipinski definition) is 1. The molecule has 2 rings (SSSR count). The van der Waals surface area contributed by atoms with E-state index < -0.39 is 10.0 Å². The zero-order valence-electron chi connectivity index (χ0n) is 15.2. The van der Waals surface area contributed by atoms with Gasteiger partial charge in [0.2, 0.25) is 15.9 Å². The maximum atomic E-state index is 12.5. The molecular formula is C19H24N2O3S2. The number of nitrogens with one attached hydrogen (secondary N) is 1. The number of sulfonamides is 1. The van der Waals surface area contributed by atoms with E-state index in [9.17, 15) is 13.2 Å². The molecule has 0 aliphatic rings. The molecule has 2 aromatic carbocycles. The molecule has 0 heterocycles. The predicted molar refractivity (Wildman–Crippen MR) is 107 cm³/mol. The Hall–Kier alpha value is -1.83. The summed E-state index contributed by atoms with van der Waals surface area (Å²) in [6, 6.07) is 14.2. The quantitative estimate of drug-likeness (QED) is 0.695. The second kappa shape index (κ2) is 9.21. The van der Waals surface area contributed by atoms with Crippen LogP contribution in [0.1, 0.15) is 19.4 Å². The molecule has 0 bridgehead atoms. The van der Waals surface area contributed by atoms with Crippen LogP contribution in [-0.4, -0.2) is 37.5 Å². The van der Waals surface area contributed by atoms with Crippen molar-refractivity contribution in [1.82, 2.24) is 4.31 Å². The fourth-order valence-electron chi connectivity index (χ4n) is 2.48. The Morgan fingerprint density at radius 3 is 2.23 bits per heavy atom. The molecular weight excluding hydrogens is 368 g/mol. The van der Waals surface area contributed by atoms with Crippen molar-refractivity contribution in [2.24, 2.45) is 0 Å². The Morgan fingerprint density at radius 1 is 1.04 bits per heavy atom. The van der Waals surface area contributed by atoms with Gasteiger partial charge in [0.1, 0.15) is 0 Å². The van der Waals surface area contributed by atoms with Crippen molar-refractivity contribution in [2.45, 2.75) is 30.6 Å². The standard InChI is InChI=1S/C19H24N2O3S2/c1-4-21(5-2)26(23,24)17-12-10-16(11-13-17)20-19(22)14-25-18-9-7-6-8-15(18)3/h6-13H,4-5,14H2,1-3H3,(H,20,22). The van der Waals surface area contributed by atoms with Gasteiger partial charge >= 0.3 is 0 Å². The summed E-state index contributed by atoms with van der Waals surface area (Å²) in [5.41, 5.74) is 1.72. The third kappa shape index (κ3) is 5.09. The molecule has 0 saturated heterocycles. The van der Waals surface area contributed by atoms with Crippen LogP contribution in [0, 0.1) is 6.92 Å². The molecule has 0 aliphatic carbocycles. The van der Waals surface area contributed by atoms with Crippen molar-refractivity contribution < 1.29 is 13.2 Å². The normalized spacial score (nSPS) is 11.5. The second-order valence-corrected chi connectivity index (χ2v) is 8.67. The fraction of sp³-hybridized carbons (Fsp3) is 0.316. The van der Waals surface area contributed by atoms with E-state index in [1.165, 1.54) is 28.2 Å². The average molecular weight is 393 g/mol. The Bertz CT molecular complexity index is 845. The molecule has 7 heteroatoms. The zero-order valence-corrected chi connectivity index (χ0v) is 16.9. The molecule has 0 aliphatic heterocycles. The van der Waals surface area contributed by atoms with Crippen LogP contribution in [0.2, 0.25) is 0 Å². The molecule has 0 atom stereocenters. The number of rotatable bonds is 8. The number of carbonyl (C=O) groups is 1. The lowest BCUT2D eigenvalue weighted by Gasteiger charge is -2.18. The van der Waals surface area contributed by atoms with Crippen LogP contribution in [0.25, 0.3) is 0 Å². The summed E-state index contributed by atoms with van der Waals surface area (Å²) < 4.78 is 26.3. The van der Waals surface area contributed by atoms with Crippen molar-refractivity contribution in [2.75, 3.05) is 24.2 Å². The Morgan fingerprint density at radius 2 is 1.65 bits per heavy atom. The van der Waals surface area contributed by atoms with Crippen LogP contribution in [0.5, 0.6) is 0 Å². The van der Waals surface area contributed by atoms with Gasteiger partial charge in [-0.25, -0.2) is 8.42 Å².